The molecule has 1 amide bonds. The van der Waals surface area contributed by atoms with Gasteiger partial charge in [0.05, 0.1) is 10.7 Å². The zero-order valence-corrected chi connectivity index (χ0v) is 18.4. The maximum Gasteiger partial charge on any atom is 0.263 e. The number of aryl methyl sites for hydroxylation is 2. The van der Waals surface area contributed by atoms with Crippen LogP contribution in [-0.4, -0.2) is 35.1 Å². The van der Waals surface area contributed by atoms with Gasteiger partial charge in [-0.2, -0.15) is 0 Å². The Morgan fingerprint density at radius 2 is 2.11 bits per heavy atom. The molecular formula is C19H26Cl2N4O2S. The monoisotopic (exact) mass is 444 g/mol. The van der Waals surface area contributed by atoms with Crippen molar-refractivity contribution in [3.8, 4) is 0 Å². The van der Waals surface area contributed by atoms with Crippen LogP contribution < -0.4 is 16.2 Å². The summed E-state index contributed by atoms with van der Waals surface area (Å²) in [5, 5.41) is 7.33. The van der Waals surface area contributed by atoms with Crippen molar-refractivity contribution in [2.75, 3.05) is 19.6 Å². The highest BCUT2D eigenvalue weighted by Gasteiger charge is 2.31. The summed E-state index contributed by atoms with van der Waals surface area (Å²) in [7, 11) is 0. The van der Waals surface area contributed by atoms with Gasteiger partial charge in [0.1, 0.15) is 5.56 Å². The summed E-state index contributed by atoms with van der Waals surface area (Å²) in [6.45, 7) is 7.10. The number of piperidine rings is 1. The van der Waals surface area contributed by atoms with Crippen molar-refractivity contribution in [2.24, 2.45) is 5.92 Å². The third-order valence-electron chi connectivity index (χ3n) is 5.45. The van der Waals surface area contributed by atoms with E-state index in [0.29, 0.717) is 31.3 Å². The van der Waals surface area contributed by atoms with Crippen LogP contribution in [0.5, 0.6) is 0 Å². The molecule has 0 radical (unpaired) electrons. The minimum Gasteiger partial charge on any atom is -0.351 e. The number of fused-ring (bicyclic) bond motifs is 4. The molecule has 1 saturated heterocycles. The normalized spacial score (nSPS) is 19.8. The minimum absolute atomic E-state index is 0. The number of halogens is 2. The number of nitrogens with one attached hydrogen (secondary N) is 2. The Labute approximate surface area is 181 Å². The van der Waals surface area contributed by atoms with Gasteiger partial charge in [-0.25, -0.2) is 4.98 Å². The first-order valence-electron chi connectivity index (χ1n) is 9.18. The fourth-order valence-corrected chi connectivity index (χ4v) is 4.92. The molecule has 2 aromatic rings. The van der Waals surface area contributed by atoms with E-state index < -0.39 is 0 Å². The number of carbonyl (C=O) groups is 1. The molecule has 2 aliphatic rings. The van der Waals surface area contributed by atoms with Gasteiger partial charge in [0, 0.05) is 42.5 Å². The maximum atomic E-state index is 12.8. The number of hydrogen-bond acceptors (Lipinski definition) is 5. The quantitative estimate of drug-likeness (QED) is 0.758. The smallest absolute Gasteiger partial charge is 0.263 e. The molecule has 4 heterocycles. The number of pyridine rings is 1. The Hall–Kier alpha value is -1.41. The lowest BCUT2D eigenvalue weighted by Crippen LogP contribution is -2.46. The van der Waals surface area contributed by atoms with E-state index in [4.69, 9.17) is 0 Å². The molecule has 2 bridgehead atoms. The number of nitrogens with zero attached hydrogens (tertiary/aromatic N) is 2. The molecule has 0 aliphatic carbocycles. The molecule has 2 aliphatic heterocycles. The number of thiazole rings is 1. The number of hydrogen-bond donors (Lipinski definition) is 2. The lowest BCUT2D eigenvalue weighted by Gasteiger charge is -2.37. The van der Waals surface area contributed by atoms with Crippen LogP contribution in [0.2, 0.25) is 0 Å². The van der Waals surface area contributed by atoms with Crippen molar-refractivity contribution in [3.63, 3.8) is 0 Å². The van der Waals surface area contributed by atoms with Crippen molar-refractivity contribution >= 4 is 42.1 Å². The molecular weight excluding hydrogens is 419 g/mol. The van der Waals surface area contributed by atoms with Gasteiger partial charge in [0.2, 0.25) is 0 Å². The first kappa shape index (κ1) is 22.9. The van der Waals surface area contributed by atoms with Crippen molar-refractivity contribution < 1.29 is 4.79 Å². The Bertz CT molecular complexity index is 892. The van der Waals surface area contributed by atoms with Crippen molar-refractivity contribution in [3.05, 3.63) is 49.3 Å². The summed E-state index contributed by atoms with van der Waals surface area (Å²) < 4.78 is 1.82. The topological polar surface area (TPSA) is 76.0 Å². The van der Waals surface area contributed by atoms with Crippen LogP contribution in [0.1, 0.15) is 44.0 Å². The highest BCUT2D eigenvalue weighted by molar-refractivity contribution is 7.11. The summed E-state index contributed by atoms with van der Waals surface area (Å²) in [5.74, 6) is 0.571. The van der Waals surface area contributed by atoms with E-state index in [1.807, 2.05) is 24.5 Å². The van der Waals surface area contributed by atoms with Crippen LogP contribution >= 0.6 is 36.2 Å². The predicted octanol–water partition coefficient (Wildman–Crippen LogP) is 2.44. The first-order chi connectivity index (χ1) is 12.5. The Morgan fingerprint density at radius 1 is 1.32 bits per heavy atom. The van der Waals surface area contributed by atoms with Crippen LogP contribution in [0.15, 0.2) is 16.9 Å². The zero-order valence-electron chi connectivity index (χ0n) is 16.0. The second-order valence-corrected chi connectivity index (χ2v) is 8.59. The van der Waals surface area contributed by atoms with Gasteiger partial charge in [0.25, 0.3) is 11.5 Å². The Morgan fingerprint density at radius 3 is 2.82 bits per heavy atom. The highest BCUT2D eigenvalue weighted by Crippen LogP contribution is 2.31. The van der Waals surface area contributed by atoms with Crippen molar-refractivity contribution in [1.29, 1.82) is 0 Å². The second-order valence-electron chi connectivity index (χ2n) is 7.30. The summed E-state index contributed by atoms with van der Waals surface area (Å²) in [4.78, 5) is 31.0. The molecule has 0 saturated carbocycles. The standard InChI is InChI=1S/C19H24N4O2S.2ClH/c1-11-12(2)26-17(22-11)5-6-21-18(24)15-3-4-16-14-7-13(8-20-9-14)10-23(16)19(15)25;;/h3-4,13-14,20H,5-10H2,1-2H3,(H,21,24);2*1H/t13-,14+;;/m0../s1. The van der Waals surface area contributed by atoms with Crippen LogP contribution in [0.4, 0.5) is 0 Å². The summed E-state index contributed by atoms with van der Waals surface area (Å²) in [5.41, 5.74) is 2.19. The van der Waals surface area contributed by atoms with Gasteiger partial charge in [-0.15, -0.1) is 36.2 Å². The number of amides is 1. The molecule has 0 unspecified atom stereocenters. The van der Waals surface area contributed by atoms with E-state index in [9.17, 15) is 9.59 Å². The number of aromatic nitrogens is 2. The molecule has 28 heavy (non-hydrogen) atoms. The third kappa shape index (κ3) is 4.43. The van der Waals surface area contributed by atoms with Gasteiger partial charge in [0.15, 0.2) is 0 Å². The molecule has 4 rings (SSSR count). The summed E-state index contributed by atoms with van der Waals surface area (Å²) >= 11 is 1.66. The van der Waals surface area contributed by atoms with Crippen LogP contribution in [-0.2, 0) is 13.0 Å². The molecule has 2 N–H and O–H groups in total. The second kappa shape index (κ2) is 9.39. The van der Waals surface area contributed by atoms with Crippen LogP contribution in [0, 0.1) is 19.8 Å². The van der Waals surface area contributed by atoms with Crippen molar-refractivity contribution in [1.82, 2.24) is 20.2 Å². The largest absolute Gasteiger partial charge is 0.351 e. The van der Waals surface area contributed by atoms with Gasteiger partial charge >= 0.3 is 0 Å². The van der Waals surface area contributed by atoms with Gasteiger partial charge in [-0.05, 0) is 44.9 Å². The minimum atomic E-state index is -0.288. The lowest BCUT2D eigenvalue weighted by molar-refractivity contribution is 0.0951. The molecule has 6 nitrogen and oxygen atoms in total. The van der Waals surface area contributed by atoms with E-state index in [1.165, 1.54) is 4.88 Å². The average molecular weight is 445 g/mol. The molecule has 0 spiro atoms. The molecule has 154 valence electrons. The third-order valence-corrected chi connectivity index (χ3v) is 6.58. The van der Waals surface area contributed by atoms with Gasteiger partial charge < -0.3 is 15.2 Å². The number of rotatable bonds is 4. The van der Waals surface area contributed by atoms with Crippen LogP contribution in [0.25, 0.3) is 0 Å². The maximum absolute atomic E-state index is 12.8. The van der Waals surface area contributed by atoms with E-state index in [0.717, 1.165) is 35.9 Å². The van der Waals surface area contributed by atoms with E-state index >= 15 is 0 Å². The van der Waals surface area contributed by atoms with Gasteiger partial charge in [-0.1, -0.05) is 0 Å². The fraction of sp³-hybridized carbons (Fsp3) is 0.526. The lowest BCUT2D eigenvalue weighted by atomic mass is 9.84. The first-order valence-corrected chi connectivity index (χ1v) is 10.00. The molecule has 0 aromatic carbocycles. The molecule has 2 atom stereocenters. The summed E-state index contributed by atoms with van der Waals surface area (Å²) in [6.07, 6.45) is 1.82. The Balaban J connectivity index is 0.00000140. The molecule has 2 aromatic heterocycles. The Kier molecular flexibility index (Phi) is 7.67. The van der Waals surface area contributed by atoms with E-state index in [2.05, 4.69) is 15.6 Å². The van der Waals surface area contributed by atoms with E-state index in [1.54, 1.807) is 17.4 Å². The predicted molar refractivity (Wildman–Crippen MR) is 117 cm³/mol. The van der Waals surface area contributed by atoms with Crippen molar-refractivity contribution in [2.45, 2.75) is 39.2 Å². The average Bonchev–Trinajstić information content (AvgIpc) is 2.94. The highest BCUT2D eigenvalue weighted by atomic mass is 35.5. The SMILES string of the molecule is Cc1nc(CCNC(=O)c2ccc3n(c2=O)C[C@@H]2CNC[C@H]3C2)sc1C.Cl.Cl. The molecule has 1 fully saturated rings. The summed E-state index contributed by atoms with van der Waals surface area (Å²) in [6, 6.07) is 3.65. The fourth-order valence-electron chi connectivity index (χ4n) is 3.99. The van der Waals surface area contributed by atoms with Gasteiger partial charge in [-0.3, -0.25) is 9.59 Å². The van der Waals surface area contributed by atoms with E-state index in [-0.39, 0.29) is 41.8 Å². The zero-order chi connectivity index (χ0) is 18.3. The number of carbonyl (C=O) groups excluding carboxylic acids is 1. The van der Waals surface area contributed by atoms with Crippen LogP contribution in [0.3, 0.4) is 0 Å². The molecule has 9 heteroatoms.